The van der Waals surface area contributed by atoms with Crippen LogP contribution in [0.2, 0.25) is 0 Å². The van der Waals surface area contributed by atoms with E-state index in [0.29, 0.717) is 23.0 Å². The quantitative estimate of drug-likeness (QED) is 0.153. The number of nitrogens with two attached hydrogens (primary N) is 1. The molecule has 1 aromatic heterocycles. The van der Waals surface area contributed by atoms with Crippen LogP contribution >= 0.6 is 11.8 Å². The summed E-state index contributed by atoms with van der Waals surface area (Å²) in [4.78, 5) is 31.5. The van der Waals surface area contributed by atoms with Crippen molar-refractivity contribution in [2.24, 2.45) is 11.7 Å². The van der Waals surface area contributed by atoms with Crippen molar-refractivity contribution in [3.63, 3.8) is 0 Å². The van der Waals surface area contributed by atoms with E-state index in [-0.39, 0.29) is 18.0 Å². The first-order valence-corrected chi connectivity index (χ1v) is 13.5. The number of aryl methyl sites for hydroxylation is 1. The number of halogens is 2. The molecule has 0 aliphatic rings. The van der Waals surface area contributed by atoms with Gasteiger partial charge in [0.15, 0.2) is 0 Å². The Morgan fingerprint density at radius 1 is 1.05 bits per heavy atom. The summed E-state index contributed by atoms with van der Waals surface area (Å²) in [5.41, 5.74) is 9.05. The maximum absolute atomic E-state index is 13.9. The standard InChI is InChI=1S/C29H30F2N4O3S/c1-2-17-6-5-7-18(10-17)15-33-16-23(24(32)13-19-11-20(30)14-21(31)12-19)26(28(36)37)39-27-22-8-3-4-9-25(22)34-29(38)35-27/h3-12,14,23-24,26,33H,2,13,15-16,32H2,1H3,(H,36,37)(H,34,35,38)/t23-,24+,26?/m1/s1. The van der Waals surface area contributed by atoms with Gasteiger partial charge in [0.05, 0.1) is 5.52 Å². The van der Waals surface area contributed by atoms with Gasteiger partial charge in [-0.2, -0.15) is 4.98 Å². The van der Waals surface area contributed by atoms with Crippen LogP contribution < -0.4 is 16.7 Å². The second-order valence-corrected chi connectivity index (χ2v) is 10.5. The lowest BCUT2D eigenvalue weighted by Crippen LogP contribution is -2.47. The number of aromatic amines is 1. The van der Waals surface area contributed by atoms with Crippen molar-refractivity contribution in [3.05, 3.63) is 106 Å². The summed E-state index contributed by atoms with van der Waals surface area (Å²) >= 11 is 0.947. The Morgan fingerprint density at radius 3 is 2.49 bits per heavy atom. The van der Waals surface area contributed by atoms with Gasteiger partial charge in [-0.1, -0.05) is 61.2 Å². The first-order valence-electron chi connectivity index (χ1n) is 12.6. The number of aromatic nitrogens is 2. The minimum atomic E-state index is -1.13. The van der Waals surface area contributed by atoms with Crippen molar-refractivity contribution in [1.29, 1.82) is 0 Å². The van der Waals surface area contributed by atoms with Gasteiger partial charge in [0.1, 0.15) is 21.9 Å². The van der Waals surface area contributed by atoms with Gasteiger partial charge < -0.3 is 21.1 Å². The summed E-state index contributed by atoms with van der Waals surface area (Å²) < 4.78 is 27.7. The zero-order valence-corrected chi connectivity index (χ0v) is 22.2. The van der Waals surface area contributed by atoms with Crippen LogP contribution in [0, 0.1) is 17.6 Å². The molecule has 1 unspecified atom stereocenters. The SMILES string of the molecule is CCc1cccc(CNC[C@@H](C(Sc2nc(=O)[nH]c3ccccc23)C(=O)O)[C@@H](N)Cc2cc(F)cc(F)c2)c1. The zero-order valence-electron chi connectivity index (χ0n) is 21.4. The van der Waals surface area contributed by atoms with Crippen LogP contribution in [0.15, 0.2) is 76.6 Å². The highest BCUT2D eigenvalue weighted by Gasteiger charge is 2.34. The van der Waals surface area contributed by atoms with E-state index in [1.54, 1.807) is 24.3 Å². The van der Waals surface area contributed by atoms with Crippen molar-refractivity contribution in [2.75, 3.05) is 6.54 Å². The summed E-state index contributed by atoms with van der Waals surface area (Å²) in [6.07, 6.45) is 0.945. The number of fused-ring (bicyclic) bond motifs is 1. The summed E-state index contributed by atoms with van der Waals surface area (Å²) in [5.74, 6) is -3.28. The fourth-order valence-electron chi connectivity index (χ4n) is 4.58. The number of rotatable bonds is 12. The lowest BCUT2D eigenvalue weighted by molar-refractivity contribution is -0.137. The van der Waals surface area contributed by atoms with E-state index < -0.39 is 40.5 Å². The second kappa shape index (κ2) is 13.0. The summed E-state index contributed by atoms with van der Waals surface area (Å²) in [5, 5.41) is 13.4. The highest BCUT2D eigenvalue weighted by molar-refractivity contribution is 8.00. The summed E-state index contributed by atoms with van der Waals surface area (Å²) in [6, 6.07) is 17.4. The number of thioether (sulfide) groups is 1. The maximum atomic E-state index is 13.9. The molecule has 1 heterocycles. The third kappa shape index (κ3) is 7.50. The first-order chi connectivity index (χ1) is 18.7. The van der Waals surface area contributed by atoms with Crippen LogP contribution in [0.5, 0.6) is 0 Å². The topological polar surface area (TPSA) is 121 Å². The number of hydrogen-bond acceptors (Lipinski definition) is 6. The molecule has 7 nitrogen and oxygen atoms in total. The number of para-hydroxylation sites is 1. The molecule has 0 spiro atoms. The normalized spacial score (nSPS) is 13.7. The van der Waals surface area contributed by atoms with E-state index in [2.05, 4.69) is 28.3 Å². The fourth-order valence-corrected chi connectivity index (χ4v) is 5.84. The van der Waals surface area contributed by atoms with Gasteiger partial charge in [-0.15, -0.1) is 0 Å². The van der Waals surface area contributed by atoms with Gasteiger partial charge in [-0.3, -0.25) is 4.79 Å². The fraction of sp³-hybridized carbons (Fsp3) is 0.276. The second-order valence-electron chi connectivity index (χ2n) is 9.38. The largest absolute Gasteiger partial charge is 0.480 e. The van der Waals surface area contributed by atoms with Gasteiger partial charge >= 0.3 is 11.7 Å². The highest BCUT2D eigenvalue weighted by atomic mass is 32.2. The molecule has 3 atom stereocenters. The van der Waals surface area contributed by atoms with Crippen molar-refractivity contribution < 1.29 is 18.7 Å². The number of carboxylic acid groups (broad SMARTS) is 1. The van der Waals surface area contributed by atoms with Crippen molar-refractivity contribution in [1.82, 2.24) is 15.3 Å². The molecule has 3 aromatic carbocycles. The Bertz CT molecular complexity index is 1490. The van der Waals surface area contributed by atoms with Gasteiger partial charge in [0, 0.05) is 36.5 Å². The van der Waals surface area contributed by atoms with Crippen molar-refractivity contribution in [2.45, 2.75) is 42.6 Å². The van der Waals surface area contributed by atoms with Crippen molar-refractivity contribution in [3.8, 4) is 0 Å². The Morgan fingerprint density at radius 2 is 1.77 bits per heavy atom. The predicted octanol–water partition coefficient (Wildman–Crippen LogP) is 4.29. The minimum absolute atomic E-state index is 0.0558. The third-order valence-electron chi connectivity index (χ3n) is 6.53. The predicted molar refractivity (Wildman–Crippen MR) is 149 cm³/mol. The first kappa shape index (κ1) is 28.4. The van der Waals surface area contributed by atoms with Gasteiger partial charge in [-0.25, -0.2) is 13.6 Å². The van der Waals surface area contributed by atoms with Crippen LogP contribution in [0.1, 0.15) is 23.6 Å². The monoisotopic (exact) mass is 552 g/mol. The average Bonchev–Trinajstić information content (AvgIpc) is 2.89. The molecule has 0 saturated carbocycles. The molecule has 39 heavy (non-hydrogen) atoms. The third-order valence-corrected chi connectivity index (χ3v) is 7.87. The molecule has 0 aliphatic heterocycles. The van der Waals surface area contributed by atoms with Crippen LogP contribution in [-0.4, -0.2) is 38.9 Å². The molecule has 0 saturated heterocycles. The molecule has 0 fully saturated rings. The van der Waals surface area contributed by atoms with Crippen LogP contribution in [0.3, 0.4) is 0 Å². The minimum Gasteiger partial charge on any atom is -0.480 e. The molecule has 5 N–H and O–H groups in total. The number of aliphatic carboxylic acids is 1. The zero-order chi connectivity index (χ0) is 27.9. The molecule has 204 valence electrons. The molecule has 4 rings (SSSR count). The number of nitrogens with zero attached hydrogens (tertiary/aromatic N) is 1. The number of H-pyrrole nitrogens is 1. The molecule has 4 aromatic rings. The van der Waals surface area contributed by atoms with E-state index in [1.807, 2.05) is 18.2 Å². The van der Waals surface area contributed by atoms with Crippen LogP contribution in [0.25, 0.3) is 10.9 Å². The highest BCUT2D eigenvalue weighted by Crippen LogP contribution is 2.33. The van der Waals surface area contributed by atoms with Gasteiger partial charge in [-0.05, 0) is 47.7 Å². The molecular weight excluding hydrogens is 522 g/mol. The van der Waals surface area contributed by atoms with E-state index in [4.69, 9.17) is 5.73 Å². The molecule has 0 amide bonds. The Balaban J connectivity index is 1.63. The molecule has 0 bridgehead atoms. The Hall–Kier alpha value is -3.60. The van der Waals surface area contributed by atoms with E-state index in [9.17, 15) is 23.5 Å². The number of carbonyl (C=O) groups is 1. The average molecular weight is 553 g/mol. The van der Waals surface area contributed by atoms with Crippen LogP contribution in [0.4, 0.5) is 8.78 Å². The van der Waals surface area contributed by atoms with Gasteiger partial charge in [0.2, 0.25) is 0 Å². The molecule has 10 heteroatoms. The van der Waals surface area contributed by atoms with Gasteiger partial charge in [0.25, 0.3) is 0 Å². The Labute approximate surface area is 228 Å². The molecule has 0 aliphatic carbocycles. The lowest BCUT2D eigenvalue weighted by Gasteiger charge is -2.29. The summed E-state index contributed by atoms with van der Waals surface area (Å²) in [7, 11) is 0. The maximum Gasteiger partial charge on any atom is 0.346 e. The number of benzene rings is 3. The van der Waals surface area contributed by atoms with E-state index >= 15 is 0 Å². The van der Waals surface area contributed by atoms with E-state index in [1.165, 1.54) is 17.7 Å². The number of nitrogens with one attached hydrogen (secondary N) is 2. The van der Waals surface area contributed by atoms with Crippen LogP contribution in [-0.2, 0) is 24.2 Å². The Kier molecular flexibility index (Phi) is 9.45. The van der Waals surface area contributed by atoms with Crippen molar-refractivity contribution >= 4 is 28.6 Å². The lowest BCUT2D eigenvalue weighted by atomic mass is 9.90. The van der Waals surface area contributed by atoms with E-state index in [0.717, 1.165) is 29.8 Å². The smallest absolute Gasteiger partial charge is 0.346 e. The molecular formula is C29H30F2N4O3S. The number of hydrogen-bond donors (Lipinski definition) is 4. The summed E-state index contributed by atoms with van der Waals surface area (Å²) in [6.45, 7) is 2.76. The number of carboxylic acids is 1. The molecule has 0 radical (unpaired) electrons.